The van der Waals surface area contributed by atoms with E-state index in [1.807, 2.05) is 20.8 Å². The highest BCUT2D eigenvalue weighted by molar-refractivity contribution is 5.96. The van der Waals surface area contributed by atoms with Gasteiger partial charge in [0.25, 0.3) is 0 Å². The molecule has 132 valence electrons. The molecule has 1 rings (SSSR count). The van der Waals surface area contributed by atoms with E-state index in [0.29, 0.717) is 11.3 Å². The largest absolute Gasteiger partial charge is 0.366 e. The van der Waals surface area contributed by atoms with Crippen molar-refractivity contribution in [3.63, 3.8) is 0 Å². The van der Waals surface area contributed by atoms with Crippen LogP contribution in [-0.4, -0.2) is 47.8 Å². The van der Waals surface area contributed by atoms with E-state index in [-0.39, 0.29) is 23.9 Å². The van der Waals surface area contributed by atoms with Crippen LogP contribution < -0.4 is 16.4 Å². The number of carbonyl (C=O) groups excluding carboxylic acids is 3. The number of carbonyl (C=O) groups is 3. The summed E-state index contributed by atoms with van der Waals surface area (Å²) in [5.41, 5.74) is 5.79. The number of benzene rings is 1. The van der Waals surface area contributed by atoms with Gasteiger partial charge in [-0.05, 0) is 59.0 Å². The predicted octanol–water partition coefficient (Wildman–Crippen LogP) is 0.959. The van der Waals surface area contributed by atoms with Crippen LogP contribution >= 0.6 is 0 Å². The van der Waals surface area contributed by atoms with Crippen molar-refractivity contribution in [2.45, 2.75) is 39.3 Å². The summed E-state index contributed by atoms with van der Waals surface area (Å²) in [6, 6.07) is 5.81. The number of likely N-dealkylation sites (N-methyl/N-ethyl adjacent to an activating group) is 1. The number of nitrogens with zero attached hydrogens (tertiary/aromatic N) is 1. The normalized spacial score (nSPS) is 12.6. The van der Waals surface area contributed by atoms with Gasteiger partial charge in [-0.3, -0.25) is 19.3 Å². The number of nitrogens with two attached hydrogens (primary N) is 1. The molecule has 0 aliphatic heterocycles. The van der Waals surface area contributed by atoms with Crippen molar-refractivity contribution in [2.24, 2.45) is 5.73 Å². The molecular weight excluding hydrogens is 308 g/mol. The number of primary amides is 1. The lowest BCUT2D eigenvalue weighted by Gasteiger charge is -2.26. The Kier molecular flexibility index (Phi) is 6.48. The van der Waals surface area contributed by atoms with E-state index in [0.717, 1.165) is 0 Å². The van der Waals surface area contributed by atoms with Crippen LogP contribution in [0, 0.1) is 0 Å². The maximum Gasteiger partial charge on any atom is 0.248 e. The molecule has 0 bridgehead atoms. The number of hydrogen-bond acceptors (Lipinski definition) is 4. The van der Waals surface area contributed by atoms with Crippen LogP contribution in [0.4, 0.5) is 5.69 Å². The minimum Gasteiger partial charge on any atom is -0.366 e. The molecule has 0 spiro atoms. The summed E-state index contributed by atoms with van der Waals surface area (Å²) in [6.07, 6.45) is 0. The fraction of sp³-hybridized carbons (Fsp3) is 0.471. The Labute approximate surface area is 142 Å². The van der Waals surface area contributed by atoms with Crippen molar-refractivity contribution < 1.29 is 14.4 Å². The maximum atomic E-state index is 12.3. The van der Waals surface area contributed by atoms with Crippen LogP contribution in [0.3, 0.4) is 0 Å². The monoisotopic (exact) mass is 334 g/mol. The van der Waals surface area contributed by atoms with Gasteiger partial charge >= 0.3 is 0 Å². The molecule has 0 radical (unpaired) electrons. The molecule has 3 amide bonds. The lowest BCUT2D eigenvalue weighted by atomic mass is 10.1. The molecule has 0 unspecified atom stereocenters. The first-order chi connectivity index (χ1) is 11.0. The van der Waals surface area contributed by atoms with E-state index in [4.69, 9.17) is 5.73 Å². The Balaban J connectivity index is 2.60. The van der Waals surface area contributed by atoms with Crippen LogP contribution in [0.1, 0.15) is 38.1 Å². The van der Waals surface area contributed by atoms with E-state index < -0.39 is 11.9 Å². The molecule has 24 heavy (non-hydrogen) atoms. The Morgan fingerprint density at radius 2 is 1.71 bits per heavy atom. The first-order valence-electron chi connectivity index (χ1n) is 7.71. The molecule has 0 aromatic heterocycles. The molecule has 7 nitrogen and oxygen atoms in total. The quantitative estimate of drug-likeness (QED) is 0.720. The molecule has 0 aliphatic carbocycles. The first-order valence-corrected chi connectivity index (χ1v) is 7.71. The van der Waals surface area contributed by atoms with E-state index in [1.54, 1.807) is 43.1 Å². The second-order valence-electron chi connectivity index (χ2n) is 6.82. The Hall–Kier alpha value is -2.41. The molecule has 4 N–H and O–H groups in total. The SMILES string of the molecule is C[C@H](C(=O)Nc1ccc(C(N)=O)cc1)N(C)CC(=O)NC(C)(C)C. The average molecular weight is 334 g/mol. The fourth-order valence-electron chi connectivity index (χ4n) is 1.99. The number of nitrogens with one attached hydrogen (secondary N) is 2. The van der Waals surface area contributed by atoms with E-state index >= 15 is 0 Å². The molecule has 0 aliphatic rings. The van der Waals surface area contributed by atoms with Crippen LogP contribution in [0.25, 0.3) is 0 Å². The van der Waals surface area contributed by atoms with Gasteiger partial charge in [0.15, 0.2) is 0 Å². The van der Waals surface area contributed by atoms with Crippen molar-refractivity contribution in [3.05, 3.63) is 29.8 Å². The summed E-state index contributed by atoms with van der Waals surface area (Å²) in [5, 5.41) is 5.60. The zero-order valence-electron chi connectivity index (χ0n) is 14.8. The van der Waals surface area contributed by atoms with Gasteiger partial charge in [0, 0.05) is 16.8 Å². The highest BCUT2D eigenvalue weighted by atomic mass is 16.2. The van der Waals surface area contributed by atoms with Crippen molar-refractivity contribution in [1.29, 1.82) is 0 Å². The molecular formula is C17H26N4O3. The molecule has 7 heteroatoms. The first kappa shape index (κ1) is 19.6. The third-order valence-corrected chi connectivity index (χ3v) is 3.38. The lowest BCUT2D eigenvalue weighted by Crippen LogP contribution is -2.49. The summed E-state index contributed by atoms with van der Waals surface area (Å²) in [5.74, 6) is -0.908. The standard InChI is InChI=1S/C17H26N4O3/c1-11(21(5)10-14(22)20-17(2,3)4)16(24)19-13-8-6-12(7-9-13)15(18)23/h6-9,11H,10H2,1-5H3,(H2,18,23)(H,19,24)(H,20,22)/t11-/m1/s1. The molecule has 1 aromatic rings. The Morgan fingerprint density at radius 1 is 1.17 bits per heavy atom. The van der Waals surface area contributed by atoms with Crippen molar-refractivity contribution in [1.82, 2.24) is 10.2 Å². The van der Waals surface area contributed by atoms with Crippen LogP contribution in [0.15, 0.2) is 24.3 Å². The van der Waals surface area contributed by atoms with E-state index in [9.17, 15) is 14.4 Å². The zero-order chi connectivity index (χ0) is 18.5. The zero-order valence-corrected chi connectivity index (χ0v) is 14.8. The maximum absolute atomic E-state index is 12.3. The summed E-state index contributed by atoms with van der Waals surface area (Å²) in [7, 11) is 1.71. The smallest absolute Gasteiger partial charge is 0.248 e. The van der Waals surface area contributed by atoms with E-state index in [2.05, 4.69) is 10.6 Å². The molecule has 1 aromatic carbocycles. The van der Waals surface area contributed by atoms with E-state index in [1.165, 1.54) is 0 Å². The van der Waals surface area contributed by atoms with Gasteiger partial charge < -0.3 is 16.4 Å². The van der Waals surface area contributed by atoms with Gasteiger partial charge in [0.05, 0.1) is 12.6 Å². The van der Waals surface area contributed by atoms with Gasteiger partial charge in [0.2, 0.25) is 17.7 Å². The molecule has 1 atom stereocenters. The number of rotatable bonds is 6. The van der Waals surface area contributed by atoms with Gasteiger partial charge in [-0.15, -0.1) is 0 Å². The minimum absolute atomic E-state index is 0.118. The van der Waals surface area contributed by atoms with Gasteiger partial charge in [-0.2, -0.15) is 0 Å². The van der Waals surface area contributed by atoms with Crippen LogP contribution in [0.2, 0.25) is 0 Å². The second-order valence-corrected chi connectivity index (χ2v) is 6.82. The number of amides is 3. The predicted molar refractivity (Wildman–Crippen MR) is 93.6 cm³/mol. The van der Waals surface area contributed by atoms with Crippen molar-refractivity contribution in [3.8, 4) is 0 Å². The third kappa shape index (κ3) is 6.37. The fourth-order valence-corrected chi connectivity index (χ4v) is 1.99. The van der Waals surface area contributed by atoms with Gasteiger partial charge in [-0.25, -0.2) is 0 Å². The molecule has 0 fully saturated rings. The summed E-state index contributed by atoms with van der Waals surface area (Å²) in [6.45, 7) is 7.54. The third-order valence-electron chi connectivity index (χ3n) is 3.38. The highest BCUT2D eigenvalue weighted by Crippen LogP contribution is 2.10. The van der Waals surface area contributed by atoms with Crippen molar-refractivity contribution in [2.75, 3.05) is 18.9 Å². The Morgan fingerprint density at radius 3 is 2.17 bits per heavy atom. The summed E-state index contributed by atoms with van der Waals surface area (Å²) in [4.78, 5) is 36.9. The highest BCUT2D eigenvalue weighted by Gasteiger charge is 2.22. The minimum atomic E-state index is -0.522. The summed E-state index contributed by atoms with van der Waals surface area (Å²) >= 11 is 0. The molecule has 0 saturated carbocycles. The Bertz CT molecular complexity index is 605. The topological polar surface area (TPSA) is 105 Å². The van der Waals surface area contributed by atoms with Crippen molar-refractivity contribution >= 4 is 23.4 Å². The number of hydrogen-bond donors (Lipinski definition) is 3. The molecule has 0 saturated heterocycles. The number of anilines is 1. The summed E-state index contributed by atoms with van der Waals surface area (Å²) < 4.78 is 0. The lowest BCUT2D eigenvalue weighted by molar-refractivity contribution is -0.125. The van der Waals surface area contributed by atoms with Gasteiger partial charge in [0.1, 0.15) is 0 Å². The second kappa shape index (κ2) is 7.92. The van der Waals surface area contributed by atoms with Crippen LogP contribution in [-0.2, 0) is 9.59 Å². The van der Waals surface area contributed by atoms with Crippen LogP contribution in [0.5, 0.6) is 0 Å². The average Bonchev–Trinajstić information content (AvgIpc) is 2.44. The van der Waals surface area contributed by atoms with Gasteiger partial charge in [-0.1, -0.05) is 0 Å². The molecule has 0 heterocycles.